The van der Waals surface area contributed by atoms with Gasteiger partial charge in [0.25, 0.3) is 0 Å². The highest BCUT2D eigenvalue weighted by Crippen LogP contribution is 2.38. The molecule has 1 fully saturated rings. The van der Waals surface area contributed by atoms with E-state index in [1.165, 1.54) is 12.1 Å². The Kier molecular flexibility index (Phi) is 3.80. The maximum atomic E-state index is 13.0. The van der Waals surface area contributed by atoms with E-state index >= 15 is 0 Å². The Morgan fingerprint density at radius 3 is 2.61 bits per heavy atom. The minimum atomic E-state index is -4.31. The molecule has 2 nitrogen and oxygen atoms in total. The molecule has 1 aliphatic rings. The van der Waals surface area contributed by atoms with Gasteiger partial charge < -0.3 is 10.6 Å². The highest BCUT2D eigenvalue weighted by atomic mass is 19.4. The van der Waals surface area contributed by atoms with Crippen LogP contribution in [0.1, 0.15) is 24.8 Å². The third kappa shape index (κ3) is 2.61. The minimum Gasteiger partial charge on any atom is -0.367 e. The van der Waals surface area contributed by atoms with Gasteiger partial charge in [0.05, 0.1) is 5.56 Å². The first-order valence-corrected chi connectivity index (χ1v) is 6.17. The van der Waals surface area contributed by atoms with Gasteiger partial charge >= 0.3 is 6.18 Å². The van der Waals surface area contributed by atoms with Crippen LogP contribution >= 0.6 is 0 Å². The topological polar surface area (TPSA) is 29.3 Å². The van der Waals surface area contributed by atoms with Crippen molar-refractivity contribution < 1.29 is 13.2 Å². The molecular weight excluding hydrogens is 241 g/mol. The summed E-state index contributed by atoms with van der Waals surface area (Å²) in [6.07, 6.45) is -1.49. The van der Waals surface area contributed by atoms with Crippen molar-refractivity contribution in [1.82, 2.24) is 0 Å². The summed E-state index contributed by atoms with van der Waals surface area (Å²) in [7, 11) is 0. The summed E-state index contributed by atoms with van der Waals surface area (Å²) < 4.78 is 38.9. The molecular formula is C13H17F3N2. The van der Waals surface area contributed by atoms with Crippen LogP contribution in [-0.4, -0.2) is 19.1 Å². The Morgan fingerprint density at radius 2 is 1.94 bits per heavy atom. The zero-order chi connectivity index (χ0) is 13.2. The number of nitrogens with two attached hydrogens (primary N) is 1. The molecule has 1 aromatic carbocycles. The zero-order valence-corrected chi connectivity index (χ0v) is 10.1. The van der Waals surface area contributed by atoms with Gasteiger partial charge in [-0.3, -0.25) is 0 Å². The fourth-order valence-electron chi connectivity index (χ4n) is 2.53. The number of nitrogens with zero attached hydrogens (tertiary/aromatic N) is 1. The molecule has 0 saturated carbocycles. The number of halogens is 3. The van der Waals surface area contributed by atoms with Crippen LogP contribution in [0.25, 0.3) is 0 Å². The standard InChI is InChI=1S/C13H17F3N2/c14-13(15,16)11-6-1-2-7-12(11)18-8-4-3-5-10(18)9-17/h1-2,6-7,10H,3-5,8-9,17H2. The molecule has 2 rings (SSSR count). The Balaban J connectivity index is 2.37. The third-order valence-electron chi connectivity index (χ3n) is 3.42. The molecule has 18 heavy (non-hydrogen) atoms. The van der Waals surface area contributed by atoms with Crippen molar-refractivity contribution in [3.05, 3.63) is 29.8 Å². The molecule has 0 amide bonds. The van der Waals surface area contributed by atoms with Crippen molar-refractivity contribution in [2.24, 2.45) is 5.73 Å². The maximum Gasteiger partial charge on any atom is 0.418 e. The van der Waals surface area contributed by atoms with E-state index in [9.17, 15) is 13.2 Å². The Hall–Kier alpha value is -1.23. The van der Waals surface area contributed by atoms with Crippen molar-refractivity contribution in [3.63, 3.8) is 0 Å². The fourth-order valence-corrected chi connectivity index (χ4v) is 2.53. The van der Waals surface area contributed by atoms with Crippen molar-refractivity contribution in [2.45, 2.75) is 31.5 Å². The van der Waals surface area contributed by atoms with Gasteiger partial charge in [-0.2, -0.15) is 13.2 Å². The smallest absolute Gasteiger partial charge is 0.367 e. The Bertz CT molecular complexity index is 403. The third-order valence-corrected chi connectivity index (χ3v) is 3.42. The largest absolute Gasteiger partial charge is 0.418 e. The number of anilines is 1. The summed E-state index contributed by atoms with van der Waals surface area (Å²) in [5.74, 6) is 0. The van der Waals surface area contributed by atoms with Crippen LogP contribution in [0.2, 0.25) is 0 Å². The Morgan fingerprint density at radius 1 is 1.22 bits per heavy atom. The predicted octanol–water partition coefficient (Wildman–Crippen LogP) is 3.02. The van der Waals surface area contributed by atoms with Crippen LogP contribution in [0.4, 0.5) is 18.9 Å². The van der Waals surface area contributed by atoms with E-state index < -0.39 is 11.7 Å². The molecule has 1 atom stereocenters. The van der Waals surface area contributed by atoms with E-state index in [1.54, 1.807) is 6.07 Å². The predicted molar refractivity (Wildman–Crippen MR) is 65.5 cm³/mol. The van der Waals surface area contributed by atoms with Gasteiger partial charge in [-0.05, 0) is 31.4 Å². The van der Waals surface area contributed by atoms with Crippen LogP contribution in [0, 0.1) is 0 Å². The highest BCUT2D eigenvalue weighted by molar-refractivity contribution is 5.56. The van der Waals surface area contributed by atoms with E-state index in [1.807, 2.05) is 4.90 Å². The summed E-state index contributed by atoms with van der Waals surface area (Å²) >= 11 is 0. The summed E-state index contributed by atoms with van der Waals surface area (Å²) in [5.41, 5.74) is 5.37. The summed E-state index contributed by atoms with van der Waals surface area (Å²) in [5, 5.41) is 0. The van der Waals surface area contributed by atoms with Gasteiger partial charge in [-0.15, -0.1) is 0 Å². The number of piperidine rings is 1. The molecule has 0 spiro atoms. The minimum absolute atomic E-state index is 0.0160. The van der Waals surface area contributed by atoms with Crippen LogP contribution in [0.3, 0.4) is 0 Å². The molecule has 5 heteroatoms. The summed E-state index contributed by atoms with van der Waals surface area (Å²) in [6, 6.07) is 5.76. The lowest BCUT2D eigenvalue weighted by Crippen LogP contribution is -2.44. The molecule has 1 aromatic rings. The second-order valence-electron chi connectivity index (χ2n) is 4.59. The van der Waals surface area contributed by atoms with E-state index in [4.69, 9.17) is 5.73 Å². The number of alkyl halides is 3. The van der Waals surface area contributed by atoms with Crippen LogP contribution in [0.15, 0.2) is 24.3 Å². The normalized spacial score (nSPS) is 21.1. The number of benzene rings is 1. The Labute approximate surface area is 105 Å². The average molecular weight is 258 g/mol. The number of hydrogen-bond acceptors (Lipinski definition) is 2. The second kappa shape index (κ2) is 5.18. The first kappa shape index (κ1) is 13.2. The lowest BCUT2D eigenvalue weighted by molar-refractivity contribution is -0.137. The van der Waals surface area contributed by atoms with Gasteiger partial charge in [-0.1, -0.05) is 12.1 Å². The molecule has 2 N–H and O–H groups in total. The van der Waals surface area contributed by atoms with E-state index in [-0.39, 0.29) is 11.7 Å². The van der Waals surface area contributed by atoms with Crippen molar-refractivity contribution >= 4 is 5.69 Å². The zero-order valence-electron chi connectivity index (χ0n) is 10.1. The molecule has 1 heterocycles. The summed E-state index contributed by atoms with van der Waals surface area (Å²) in [4.78, 5) is 1.81. The molecule has 1 unspecified atom stereocenters. The second-order valence-corrected chi connectivity index (χ2v) is 4.59. The first-order chi connectivity index (χ1) is 8.54. The van der Waals surface area contributed by atoms with Gasteiger partial charge in [0.1, 0.15) is 0 Å². The number of hydrogen-bond donors (Lipinski definition) is 1. The summed E-state index contributed by atoms with van der Waals surface area (Å²) in [6.45, 7) is 1.04. The van der Waals surface area contributed by atoms with Gasteiger partial charge in [0, 0.05) is 24.8 Å². The van der Waals surface area contributed by atoms with E-state index in [0.29, 0.717) is 13.1 Å². The van der Waals surface area contributed by atoms with Crippen LogP contribution in [0.5, 0.6) is 0 Å². The molecule has 0 bridgehead atoms. The monoisotopic (exact) mass is 258 g/mol. The number of para-hydroxylation sites is 1. The quantitative estimate of drug-likeness (QED) is 0.883. The van der Waals surface area contributed by atoms with Crippen LogP contribution in [-0.2, 0) is 6.18 Å². The maximum absolute atomic E-state index is 13.0. The van der Waals surface area contributed by atoms with Gasteiger partial charge in [0.15, 0.2) is 0 Å². The van der Waals surface area contributed by atoms with Gasteiger partial charge in [0.2, 0.25) is 0 Å². The van der Waals surface area contributed by atoms with Crippen LogP contribution < -0.4 is 10.6 Å². The van der Waals surface area contributed by atoms with Gasteiger partial charge in [-0.25, -0.2) is 0 Å². The highest BCUT2D eigenvalue weighted by Gasteiger charge is 2.36. The molecule has 0 aromatic heterocycles. The molecule has 100 valence electrons. The molecule has 0 radical (unpaired) electrons. The number of rotatable bonds is 2. The average Bonchev–Trinajstić information content (AvgIpc) is 2.37. The molecule has 0 aliphatic carbocycles. The van der Waals surface area contributed by atoms with E-state index in [0.717, 1.165) is 25.3 Å². The lowest BCUT2D eigenvalue weighted by atomic mass is 9.99. The van der Waals surface area contributed by atoms with Crippen molar-refractivity contribution in [1.29, 1.82) is 0 Å². The molecule has 1 aliphatic heterocycles. The first-order valence-electron chi connectivity index (χ1n) is 6.17. The lowest BCUT2D eigenvalue weighted by Gasteiger charge is -2.38. The molecule has 1 saturated heterocycles. The SMILES string of the molecule is NCC1CCCCN1c1ccccc1C(F)(F)F. The van der Waals surface area contributed by atoms with Crippen molar-refractivity contribution in [3.8, 4) is 0 Å². The van der Waals surface area contributed by atoms with E-state index in [2.05, 4.69) is 0 Å². The van der Waals surface area contributed by atoms with Crippen molar-refractivity contribution in [2.75, 3.05) is 18.0 Å². The fraction of sp³-hybridized carbons (Fsp3) is 0.538.